The van der Waals surface area contributed by atoms with Crippen LogP contribution >= 0.6 is 0 Å². The van der Waals surface area contributed by atoms with Crippen LogP contribution in [0.1, 0.15) is 27.0 Å². The zero-order valence-electron chi connectivity index (χ0n) is 13.6. The second kappa shape index (κ2) is 6.03. The highest BCUT2D eigenvalue weighted by atomic mass is 19.1. The number of para-hydroxylation sites is 1. The minimum Gasteiger partial charge on any atom is -0.486 e. The molecule has 1 amide bonds. The van der Waals surface area contributed by atoms with Crippen molar-refractivity contribution in [3.8, 4) is 5.75 Å². The molecular weight excluding hydrogens is 293 g/mol. The molecule has 23 heavy (non-hydrogen) atoms. The first kappa shape index (κ1) is 15.5. The molecule has 2 aromatic rings. The van der Waals surface area contributed by atoms with Crippen LogP contribution in [0, 0.1) is 26.6 Å². The third kappa shape index (κ3) is 3.07. The SMILES string of the molecule is Cc1cc(F)ccc1C(=O)N1CC(Oc2c(C)cccc2C)C1. The molecule has 2 aromatic carbocycles. The van der Waals surface area contributed by atoms with Crippen molar-refractivity contribution >= 4 is 5.91 Å². The quantitative estimate of drug-likeness (QED) is 0.865. The monoisotopic (exact) mass is 313 g/mol. The maximum Gasteiger partial charge on any atom is 0.254 e. The second-order valence-corrected chi connectivity index (χ2v) is 6.13. The van der Waals surface area contributed by atoms with Crippen LogP contribution in [0.15, 0.2) is 36.4 Å². The van der Waals surface area contributed by atoms with Crippen LogP contribution in [0.5, 0.6) is 5.75 Å². The molecule has 1 aliphatic rings. The van der Waals surface area contributed by atoms with E-state index in [1.165, 1.54) is 12.1 Å². The van der Waals surface area contributed by atoms with Crippen LogP contribution in [-0.4, -0.2) is 30.0 Å². The second-order valence-electron chi connectivity index (χ2n) is 6.13. The molecule has 0 aromatic heterocycles. The van der Waals surface area contributed by atoms with Crippen LogP contribution in [0.4, 0.5) is 4.39 Å². The lowest BCUT2D eigenvalue weighted by Gasteiger charge is -2.39. The van der Waals surface area contributed by atoms with Gasteiger partial charge >= 0.3 is 0 Å². The van der Waals surface area contributed by atoms with Crippen molar-refractivity contribution in [2.75, 3.05) is 13.1 Å². The van der Waals surface area contributed by atoms with Crippen LogP contribution in [0.2, 0.25) is 0 Å². The first-order chi connectivity index (χ1) is 11.0. The maximum absolute atomic E-state index is 13.1. The van der Waals surface area contributed by atoms with Gasteiger partial charge in [0.1, 0.15) is 17.7 Å². The van der Waals surface area contributed by atoms with Gasteiger partial charge in [0, 0.05) is 5.56 Å². The van der Waals surface area contributed by atoms with Gasteiger partial charge in [-0.1, -0.05) is 18.2 Å². The van der Waals surface area contributed by atoms with Crippen LogP contribution in [0.25, 0.3) is 0 Å². The molecule has 0 radical (unpaired) electrons. The normalized spacial score (nSPS) is 14.5. The largest absolute Gasteiger partial charge is 0.486 e. The lowest BCUT2D eigenvalue weighted by atomic mass is 10.0. The number of rotatable bonds is 3. The number of benzene rings is 2. The number of nitrogens with zero attached hydrogens (tertiary/aromatic N) is 1. The van der Waals surface area contributed by atoms with Crippen LogP contribution in [0.3, 0.4) is 0 Å². The Morgan fingerprint density at radius 3 is 2.35 bits per heavy atom. The van der Waals surface area contributed by atoms with E-state index in [0.29, 0.717) is 24.2 Å². The van der Waals surface area contributed by atoms with E-state index in [0.717, 1.165) is 16.9 Å². The molecule has 0 atom stereocenters. The molecular formula is C19H20FNO2. The molecule has 3 nitrogen and oxygen atoms in total. The Labute approximate surface area is 135 Å². The number of hydrogen-bond acceptors (Lipinski definition) is 2. The predicted molar refractivity (Wildman–Crippen MR) is 87.4 cm³/mol. The average Bonchev–Trinajstić information content (AvgIpc) is 2.44. The Bertz CT molecular complexity index is 731. The molecule has 0 bridgehead atoms. The van der Waals surface area contributed by atoms with Crippen molar-refractivity contribution in [2.24, 2.45) is 0 Å². The lowest BCUT2D eigenvalue weighted by molar-refractivity contribution is 0.0172. The minimum absolute atomic E-state index is 0.0134. The number of hydrogen-bond donors (Lipinski definition) is 0. The van der Waals surface area contributed by atoms with E-state index in [9.17, 15) is 9.18 Å². The highest BCUT2D eigenvalue weighted by molar-refractivity contribution is 5.96. The van der Waals surface area contributed by atoms with Gasteiger partial charge in [0.05, 0.1) is 13.1 Å². The summed E-state index contributed by atoms with van der Waals surface area (Å²) in [6, 6.07) is 10.3. The first-order valence-corrected chi connectivity index (χ1v) is 7.74. The van der Waals surface area contributed by atoms with Crippen molar-refractivity contribution in [2.45, 2.75) is 26.9 Å². The molecule has 1 saturated heterocycles. The highest BCUT2D eigenvalue weighted by Crippen LogP contribution is 2.27. The predicted octanol–water partition coefficient (Wildman–Crippen LogP) is 3.65. The number of likely N-dealkylation sites (tertiary alicyclic amines) is 1. The van der Waals surface area contributed by atoms with E-state index in [-0.39, 0.29) is 17.8 Å². The summed E-state index contributed by atoms with van der Waals surface area (Å²) >= 11 is 0. The van der Waals surface area contributed by atoms with E-state index < -0.39 is 0 Å². The lowest BCUT2D eigenvalue weighted by Crippen LogP contribution is -2.56. The molecule has 0 unspecified atom stereocenters. The molecule has 4 heteroatoms. The number of carbonyl (C=O) groups excluding carboxylic acids is 1. The average molecular weight is 313 g/mol. The maximum atomic E-state index is 13.1. The fraction of sp³-hybridized carbons (Fsp3) is 0.316. The first-order valence-electron chi connectivity index (χ1n) is 7.74. The molecule has 0 aliphatic carbocycles. The van der Waals surface area contributed by atoms with Gasteiger partial charge < -0.3 is 9.64 Å². The van der Waals surface area contributed by atoms with Crippen LogP contribution < -0.4 is 4.74 Å². The number of aryl methyl sites for hydroxylation is 3. The van der Waals surface area contributed by atoms with Crippen molar-refractivity contribution < 1.29 is 13.9 Å². The third-order valence-corrected chi connectivity index (χ3v) is 4.25. The van der Waals surface area contributed by atoms with Crippen molar-refractivity contribution in [1.29, 1.82) is 0 Å². The summed E-state index contributed by atoms with van der Waals surface area (Å²) in [7, 11) is 0. The summed E-state index contributed by atoms with van der Waals surface area (Å²) in [4.78, 5) is 14.2. The van der Waals surface area contributed by atoms with Gasteiger partial charge in [0.25, 0.3) is 5.91 Å². The number of halogens is 1. The van der Waals surface area contributed by atoms with Gasteiger partial charge in [-0.2, -0.15) is 0 Å². The Balaban J connectivity index is 1.64. The summed E-state index contributed by atoms with van der Waals surface area (Å²) < 4.78 is 19.2. The standard InChI is InChI=1S/C19H20FNO2/c1-12-5-4-6-13(2)18(12)23-16-10-21(11-16)19(22)17-8-7-15(20)9-14(17)3/h4-9,16H,10-11H2,1-3H3. The van der Waals surface area contributed by atoms with Gasteiger partial charge in [-0.3, -0.25) is 4.79 Å². The van der Waals surface area contributed by atoms with E-state index in [4.69, 9.17) is 4.74 Å². The highest BCUT2D eigenvalue weighted by Gasteiger charge is 2.33. The van der Waals surface area contributed by atoms with Crippen molar-refractivity contribution in [1.82, 2.24) is 4.90 Å². The van der Waals surface area contributed by atoms with Crippen molar-refractivity contribution in [3.63, 3.8) is 0 Å². The zero-order valence-corrected chi connectivity index (χ0v) is 13.6. The zero-order chi connectivity index (χ0) is 16.6. The van der Waals surface area contributed by atoms with E-state index in [1.807, 2.05) is 32.0 Å². The van der Waals surface area contributed by atoms with Crippen LogP contribution in [-0.2, 0) is 0 Å². The smallest absolute Gasteiger partial charge is 0.254 e. The van der Waals surface area contributed by atoms with E-state index in [2.05, 4.69) is 0 Å². The Hall–Kier alpha value is -2.36. The topological polar surface area (TPSA) is 29.5 Å². The molecule has 0 saturated carbocycles. The molecule has 1 aliphatic heterocycles. The van der Waals surface area contributed by atoms with E-state index >= 15 is 0 Å². The Morgan fingerprint density at radius 1 is 1.09 bits per heavy atom. The fourth-order valence-corrected chi connectivity index (χ4v) is 2.87. The Kier molecular flexibility index (Phi) is 4.07. The molecule has 1 heterocycles. The van der Waals surface area contributed by atoms with Gasteiger partial charge in [-0.05, 0) is 55.7 Å². The van der Waals surface area contributed by atoms with Gasteiger partial charge in [0.15, 0.2) is 0 Å². The van der Waals surface area contributed by atoms with Crippen molar-refractivity contribution in [3.05, 3.63) is 64.5 Å². The Morgan fingerprint density at radius 2 is 1.74 bits per heavy atom. The molecule has 120 valence electrons. The van der Waals surface area contributed by atoms with Gasteiger partial charge in [-0.25, -0.2) is 4.39 Å². The van der Waals surface area contributed by atoms with Gasteiger partial charge in [0.2, 0.25) is 0 Å². The molecule has 0 spiro atoms. The third-order valence-electron chi connectivity index (χ3n) is 4.25. The molecule has 1 fully saturated rings. The number of carbonyl (C=O) groups is 1. The number of amides is 1. The van der Waals surface area contributed by atoms with E-state index in [1.54, 1.807) is 17.9 Å². The summed E-state index contributed by atoms with van der Waals surface area (Å²) in [5, 5.41) is 0. The number of ether oxygens (including phenoxy) is 1. The summed E-state index contributed by atoms with van der Waals surface area (Å²) in [6.07, 6.45) is 0.0134. The van der Waals surface area contributed by atoms with Gasteiger partial charge in [-0.15, -0.1) is 0 Å². The summed E-state index contributed by atoms with van der Waals surface area (Å²) in [5.41, 5.74) is 3.42. The molecule has 0 N–H and O–H groups in total. The summed E-state index contributed by atoms with van der Waals surface area (Å²) in [6.45, 7) is 6.91. The fourth-order valence-electron chi connectivity index (χ4n) is 2.87. The minimum atomic E-state index is -0.320. The summed E-state index contributed by atoms with van der Waals surface area (Å²) in [5.74, 6) is 0.519. The molecule has 3 rings (SSSR count).